The van der Waals surface area contributed by atoms with E-state index in [9.17, 15) is 9.59 Å². The molecule has 2 amide bonds. The number of benzene rings is 1. The van der Waals surface area contributed by atoms with Crippen LogP contribution >= 0.6 is 0 Å². The second-order valence-corrected chi connectivity index (χ2v) is 7.65. The van der Waals surface area contributed by atoms with E-state index in [-0.39, 0.29) is 30.2 Å². The first-order chi connectivity index (χ1) is 13.3. The molecule has 8 nitrogen and oxygen atoms in total. The van der Waals surface area contributed by atoms with Crippen molar-refractivity contribution in [3.8, 4) is 5.75 Å². The molecule has 0 aromatic heterocycles. The Morgan fingerprint density at radius 3 is 2.50 bits per heavy atom. The number of nitrogens with two attached hydrogens (primary N) is 3. The van der Waals surface area contributed by atoms with E-state index < -0.39 is 5.91 Å². The average Bonchev–Trinajstić information content (AvgIpc) is 2.88. The molecule has 28 heavy (non-hydrogen) atoms. The molecule has 154 valence electrons. The Labute approximate surface area is 166 Å². The van der Waals surface area contributed by atoms with Crippen LogP contribution in [0.2, 0.25) is 0 Å². The van der Waals surface area contributed by atoms with Gasteiger partial charge in [-0.3, -0.25) is 14.6 Å². The van der Waals surface area contributed by atoms with Crippen molar-refractivity contribution in [1.29, 1.82) is 0 Å². The molecule has 1 fully saturated rings. The quantitative estimate of drug-likeness (QED) is 0.398. The monoisotopic (exact) mass is 389 g/mol. The van der Waals surface area contributed by atoms with Crippen molar-refractivity contribution < 1.29 is 14.3 Å². The minimum Gasteiger partial charge on any atom is -0.491 e. The van der Waals surface area contributed by atoms with Crippen LogP contribution in [0.5, 0.6) is 5.75 Å². The van der Waals surface area contributed by atoms with E-state index in [1.54, 1.807) is 0 Å². The second kappa shape index (κ2) is 9.96. The molecule has 1 aromatic carbocycles. The van der Waals surface area contributed by atoms with Crippen molar-refractivity contribution in [3.63, 3.8) is 0 Å². The number of ether oxygens (including phenoxy) is 1. The van der Waals surface area contributed by atoms with Crippen LogP contribution in [0, 0.1) is 11.8 Å². The van der Waals surface area contributed by atoms with E-state index in [0.717, 1.165) is 17.7 Å². The third-order valence-electron chi connectivity index (χ3n) is 4.70. The largest absolute Gasteiger partial charge is 0.491 e. The molecule has 1 aromatic rings. The maximum absolute atomic E-state index is 12.6. The molecule has 1 heterocycles. The van der Waals surface area contributed by atoms with Gasteiger partial charge in [0.25, 0.3) is 0 Å². The zero-order chi connectivity index (χ0) is 20.7. The number of primary amides is 1. The normalized spacial score (nSPS) is 19.1. The second-order valence-electron chi connectivity index (χ2n) is 7.65. The Hall–Kier alpha value is -2.77. The molecule has 2 rings (SSSR count). The summed E-state index contributed by atoms with van der Waals surface area (Å²) in [5.74, 6) is 0.371. The summed E-state index contributed by atoms with van der Waals surface area (Å²) in [5, 5.41) is 0. The first-order valence-corrected chi connectivity index (χ1v) is 9.62. The maximum atomic E-state index is 12.6. The molecule has 0 spiro atoms. The lowest BCUT2D eigenvalue weighted by atomic mass is 10.0. The summed E-state index contributed by atoms with van der Waals surface area (Å²) in [7, 11) is 0. The first-order valence-electron chi connectivity index (χ1n) is 9.62. The summed E-state index contributed by atoms with van der Waals surface area (Å²) in [6.07, 6.45) is 1.42. The Balaban J connectivity index is 1.94. The summed E-state index contributed by atoms with van der Waals surface area (Å²) in [4.78, 5) is 29.7. The van der Waals surface area contributed by atoms with Crippen molar-refractivity contribution in [2.24, 2.45) is 34.0 Å². The predicted molar refractivity (Wildman–Crippen MR) is 109 cm³/mol. The van der Waals surface area contributed by atoms with Crippen LogP contribution in [-0.2, 0) is 16.0 Å². The fraction of sp³-hybridized carbons (Fsp3) is 0.550. The van der Waals surface area contributed by atoms with Gasteiger partial charge < -0.3 is 26.8 Å². The van der Waals surface area contributed by atoms with Gasteiger partial charge in [0, 0.05) is 25.4 Å². The number of carbonyl (C=O) groups is 2. The highest BCUT2D eigenvalue weighted by Gasteiger charge is 2.40. The fourth-order valence-corrected chi connectivity index (χ4v) is 3.43. The predicted octanol–water partition coefficient (Wildman–Crippen LogP) is 0.630. The smallest absolute Gasteiger partial charge is 0.226 e. The van der Waals surface area contributed by atoms with E-state index in [1.807, 2.05) is 29.2 Å². The zero-order valence-electron chi connectivity index (χ0n) is 16.6. The van der Waals surface area contributed by atoms with E-state index in [4.69, 9.17) is 21.9 Å². The van der Waals surface area contributed by atoms with Crippen molar-refractivity contribution in [1.82, 2.24) is 4.90 Å². The molecule has 1 saturated heterocycles. The van der Waals surface area contributed by atoms with Crippen molar-refractivity contribution in [2.45, 2.75) is 39.2 Å². The van der Waals surface area contributed by atoms with Crippen LogP contribution in [-0.4, -0.2) is 48.4 Å². The van der Waals surface area contributed by atoms with Gasteiger partial charge in [0.1, 0.15) is 12.4 Å². The summed E-state index contributed by atoms with van der Waals surface area (Å²) in [6.45, 7) is 5.70. The van der Waals surface area contributed by atoms with Gasteiger partial charge in [-0.05, 0) is 36.5 Å². The molecule has 8 heteroatoms. The van der Waals surface area contributed by atoms with Gasteiger partial charge in [-0.1, -0.05) is 26.0 Å². The summed E-state index contributed by atoms with van der Waals surface area (Å²) >= 11 is 0. The molecular formula is C20H31N5O3. The van der Waals surface area contributed by atoms with Crippen molar-refractivity contribution in [3.05, 3.63) is 29.8 Å². The molecule has 0 bridgehead atoms. The molecule has 0 saturated carbocycles. The number of rotatable bonds is 10. The first kappa shape index (κ1) is 21.5. The van der Waals surface area contributed by atoms with Gasteiger partial charge in [-0.2, -0.15) is 0 Å². The molecule has 6 N–H and O–H groups in total. The van der Waals surface area contributed by atoms with Gasteiger partial charge >= 0.3 is 0 Å². The molecule has 1 aliphatic heterocycles. The topological polar surface area (TPSA) is 137 Å². The lowest BCUT2D eigenvalue weighted by Crippen LogP contribution is -2.40. The lowest BCUT2D eigenvalue weighted by molar-refractivity contribution is -0.134. The van der Waals surface area contributed by atoms with Crippen LogP contribution < -0.4 is 21.9 Å². The Bertz CT molecular complexity index is 698. The van der Waals surface area contributed by atoms with Crippen molar-refractivity contribution in [2.75, 3.05) is 19.7 Å². The number of hydrogen-bond donors (Lipinski definition) is 3. The number of hydrogen-bond acceptors (Lipinski definition) is 4. The number of carbonyl (C=O) groups excluding carboxylic acids is 2. The van der Waals surface area contributed by atoms with E-state index in [0.29, 0.717) is 32.0 Å². The minimum absolute atomic E-state index is 0.00354. The number of aliphatic imine (C=N–C) groups is 1. The summed E-state index contributed by atoms with van der Waals surface area (Å²) in [5.41, 5.74) is 17.0. The highest BCUT2D eigenvalue weighted by molar-refractivity contribution is 5.87. The third kappa shape index (κ3) is 6.44. The SMILES string of the molecule is CC(C)CN1C(=O)[C@H](CC(N)=O)C[C@H]1COc1ccc(CCN=C(N)N)cc1. The van der Waals surface area contributed by atoms with E-state index >= 15 is 0 Å². The van der Waals surface area contributed by atoms with Gasteiger partial charge in [0.15, 0.2) is 5.96 Å². The van der Waals surface area contributed by atoms with Gasteiger partial charge in [0.05, 0.1) is 6.04 Å². The van der Waals surface area contributed by atoms with Crippen LogP contribution in [0.25, 0.3) is 0 Å². The number of amides is 2. The molecule has 0 unspecified atom stereocenters. The van der Waals surface area contributed by atoms with Gasteiger partial charge in [-0.15, -0.1) is 0 Å². The van der Waals surface area contributed by atoms with Crippen LogP contribution in [0.4, 0.5) is 0 Å². The molecule has 2 atom stereocenters. The van der Waals surface area contributed by atoms with Crippen LogP contribution in [0.1, 0.15) is 32.3 Å². The third-order valence-corrected chi connectivity index (χ3v) is 4.70. The molecular weight excluding hydrogens is 358 g/mol. The Morgan fingerprint density at radius 1 is 1.25 bits per heavy atom. The fourth-order valence-electron chi connectivity index (χ4n) is 3.43. The van der Waals surface area contributed by atoms with Gasteiger partial charge in [-0.25, -0.2) is 0 Å². The van der Waals surface area contributed by atoms with Crippen LogP contribution in [0.3, 0.4) is 0 Å². The number of likely N-dealkylation sites (tertiary alicyclic amines) is 1. The average molecular weight is 390 g/mol. The zero-order valence-corrected chi connectivity index (χ0v) is 16.6. The van der Waals surface area contributed by atoms with E-state index in [2.05, 4.69) is 18.8 Å². The summed E-state index contributed by atoms with van der Waals surface area (Å²) < 4.78 is 5.92. The standard InChI is InChI=1S/C20H31N5O3/c1-13(2)11-25-16(9-15(19(25)27)10-18(21)26)12-28-17-5-3-14(4-6-17)7-8-24-20(22)23/h3-6,13,15-16H,7-12H2,1-2H3,(H2,21,26)(H4,22,23,24)/t15-,16-/m0/s1. The molecule has 0 radical (unpaired) electrons. The molecule has 1 aliphatic rings. The lowest BCUT2D eigenvalue weighted by Gasteiger charge is -2.26. The molecule has 0 aliphatic carbocycles. The maximum Gasteiger partial charge on any atom is 0.226 e. The number of guanidine groups is 1. The van der Waals surface area contributed by atoms with Crippen molar-refractivity contribution >= 4 is 17.8 Å². The van der Waals surface area contributed by atoms with Crippen LogP contribution in [0.15, 0.2) is 29.3 Å². The highest BCUT2D eigenvalue weighted by Crippen LogP contribution is 2.28. The Kier molecular flexibility index (Phi) is 7.66. The van der Waals surface area contributed by atoms with Gasteiger partial charge in [0.2, 0.25) is 11.8 Å². The summed E-state index contributed by atoms with van der Waals surface area (Å²) in [6, 6.07) is 7.68. The number of nitrogens with zero attached hydrogens (tertiary/aromatic N) is 2. The highest BCUT2D eigenvalue weighted by atomic mass is 16.5. The van der Waals surface area contributed by atoms with E-state index in [1.165, 1.54) is 0 Å². The Morgan fingerprint density at radius 2 is 1.93 bits per heavy atom. The minimum atomic E-state index is -0.444.